The zero-order valence-corrected chi connectivity index (χ0v) is 17.1. The van der Waals surface area contributed by atoms with Crippen LogP contribution in [0.5, 0.6) is 0 Å². The topological polar surface area (TPSA) is 66.4 Å². The third-order valence-corrected chi connectivity index (χ3v) is 6.98. The summed E-state index contributed by atoms with van der Waals surface area (Å²) < 4.78 is 65.7. The molecule has 0 amide bonds. The van der Waals surface area contributed by atoms with Gasteiger partial charge in [-0.3, -0.25) is 0 Å². The highest BCUT2D eigenvalue weighted by atomic mass is 32.2. The van der Waals surface area contributed by atoms with E-state index in [1.165, 1.54) is 10.4 Å². The van der Waals surface area contributed by atoms with Crippen LogP contribution < -0.4 is 4.90 Å². The van der Waals surface area contributed by atoms with E-state index in [0.717, 1.165) is 23.4 Å². The number of hydrogen-bond acceptors (Lipinski definition) is 5. The zero-order chi connectivity index (χ0) is 22.1. The molecular formula is C21H19F3N4O2S. The molecule has 0 aliphatic carbocycles. The van der Waals surface area contributed by atoms with Crippen LogP contribution in [0.1, 0.15) is 5.56 Å². The molecule has 6 nitrogen and oxygen atoms in total. The van der Waals surface area contributed by atoms with Gasteiger partial charge in [0.15, 0.2) is 5.82 Å². The Morgan fingerprint density at radius 2 is 1.52 bits per heavy atom. The molecule has 0 saturated carbocycles. The number of alkyl halides is 3. The lowest BCUT2D eigenvalue weighted by atomic mass is 10.1. The van der Waals surface area contributed by atoms with Gasteiger partial charge in [0.1, 0.15) is 0 Å². The van der Waals surface area contributed by atoms with Crippen LogP contribution in [-0.2, 0) is 16.2 Å². The molecule has 0 bridgehead atoms. The molecule has 1 fully saturated rings. The normalized spacial score (nSPS) is 15.8. The summed E-state index contributed by atoms with van der Waals surface area (Å²) in [6.07, 6.45) is -4.60. The zero-order valence-electron chi connectivity index (χ0n) is 16.3. The van der Waals surface area contributed by atoms with Gasteiger partial charge in [0.2, 0.25) is 10.0 Å². The van der Waals surface area contributed by atoms with Crippen molar-refractivity contribution in [2.24, 2.45) is 0 Å². The van der Waals surface area contributed by atoms with Gasteiger partial charge in [-0.05, 0) is 30.3 Å². The number of sulfonamides is 1. The summed E-state index contributed by atoms with van der Waals surface area (Å²) in [4.78, 5) is 1.54. The lowest BCUT2D eigenvalue weighted by molar-refractivity contribution is -0.137. The number of benzene rings is 2. The van der Waals surface area contributed by atoms with Crippen molar-refractivity contribution in [2.75, 3.05) is 31.1 Å². The minimum atomic E-state index is -4.60. The van der Waals surface area contributed by atoms with Gasteiger partial charge in [-0.1, -0.05) is 36.4 Å². The third kappa shape index (κ3) is 4.54. The molecule has 1 aromatic heterocycles. The molecule has 1 aliphatic rings. The van der Waals surface area contributed by atoms with Gasteiger partial charge in [-0.15, -0.1) is 10.2 Å². The fraction of sp³-hybridized carbons (Fsp3) is 0.238. The van der Waals surface area contributed by atoms with Crippen molar-refractivity contribution < 1.29 is 21.6 Å². The SMILES string of the molecule is O=S(=O)(c1cccc(C(F)(F)F)c1)N1CCN(c2ccc(-c3ccccc3)nn2)CC1. The van der Waals surface area contributed by atoms with E-state index in [1.54, 1.807) is 0 Å². The average Bonchev–Trinajstić information content (AvgIpc) is 2.79. The van der Waals surface area contributed by atoms with Crippen molar-refractivity contribution in [3.05, 3.63) is 72.3 Å². The van der Waals surface area contributed by atoms with E-state index in [0.29, 0.717) is 25.0 Å². The first-order valence-electron chi connectivity index (χ1n) is 9.57. The van der Waals surface area contributed by atoms with Gasteiger partial charge in [0.05, 0.1) is 16.2 Å². The smallest absolute Gasteiger partial charge is 0.352 e. The monoisotopic (exact) mass is 448 g/mol. The maximum Gasteiger partial charge on any atom is 0.416 e. The number of nitrogens with zero attached hydrogens (tertiary/aromatic N) is 4. The predicted molar refractivity (Wildman–Crippen MR) is 110 cm³/mol. The molecule has 2 heterocycles. The maximum absolute atomic E-state index is 12.9. The van der Waals surface area contributed by atoms with Gasteiger partial charge < -0.3 is 4.90 Å². The molecular weight excluding hydrogens is 429 g/mol. The second-order valence-electron chi connectivity index (χ2n) is 7.06. The molecule has 4 rings (SSSR count). The van der Waals surface area contributed by atoms with Crippen molar-refractivity contribution in [3.8, 4) is 11.3 Å². The lowest BCUT2D eigenvalue weighted by Crippen LogP contribution is -2.49. The van der Waals surface area contributed by atoms with Crippen LogP contribution in [0, 0.1) is 0 Å². The first-order chi connectivity index (χ1) is 14.7. The van der Waals surface area contributed by atoms with E-state index in [9.17, 15) is 21.6 Å². The van der Waals surface area contributed by atoms with Crippen LogP contribution in [0.4, 0.5) is 19.0 Å². The molecule has 3 aromatic rings. The van der Waals surface area contributed by atoms with Gasteiger partial charge in [-0.25, -0.2) is 8.42 Å². The van der Waals surface area contributed by atoms with Crippen LogP contribution in [0.2, 0.25) is 0 Å². The van der Waals surface area contributed by atoms with Crippen molar-refractivity contribution in [3.63, 3.8) is 0 Å². The van der Waals surface area contributed by atoms with Crippen LogP contribution in [-0.4, -0.2) is 49.1 Å². The van der Waals surface area contributed by atoms with Crippen LogP contribution in [0.15, 0.2) is 71.6 Å². The highest BCUT2D eigenvalue weighted by Gasteiger charge is 2.34. The Labute approximate surface area is 178 Å². The average molecular weight is 448 g/mol. The molecule has 10 heteroatoms. The third-order valence-electron chi connectivity index (χ3n) is 5.08. The van der Waals surface area contributed by atoms with E-state index in [2.05, 4.69) is 10.2 Å². The molecule has 0 unspecified atom stereocenters. The molecule has 0 N–H and O–H groups in total. The second-order valence-corrected chi connectivity index (χ2v) is 9.00. The Morgan fingerprint density at radius 1 is 0.806 bits per heavy atom. The van der Waals surface area contributed by atoms with Crippen molar-refractivity contribution in [2.45, 2.75) is 11.1 Å². The van der Waals surface area contributed by atoms with E-state index in [-0.39, 0.29) is 18.0 Å². The fourth-order valence-corrected chi connectivity index (χ4v) is 4.86. The van der Waals surface area contributed by atoms with Crippen molar-refractivity contribution in [1.82, 2.24) is 14.5 Å². The number of hydrogen-bond donors (Lipinski definition) is 0. The molecule has 31 heavy (non-hydrogen) atoms. The van der Waals surface area contributed by atoms with Crippen LogP contribution in [0.25, 0.3) is 11.3 Å². The summed E-state index contributed by atoms with van der Waals surface area (Å²) in [5.74, 6) is 0.621. The fourth-order valence-electron chi connectivity index (χ4n) is 3.40. The van der Waals surface area contributed by atoms with Gasteiger partial charge in [0, 0.05) is 31.7 Å². The summed E-state index contributed by atoms with van der Waals surface area (Å²) in [6.45, 7) is 0.997. The van der Waals surface area contributed by atoms with E-state index < -0.39 is 21.8 Å². The first-order valence-corrected chi connectivity index (χ1v) is 11.0. The van der Waals surface area contributed by atoms with Crippen molar-refractivity contribution in [1.29, 1.82) is 0 Å². The largest absolute Gasteiger partial charge is 0.416 e. The summed E-state index contributed by atoms with van der Waals surface area (Å²) in [5.41, 5.74) is 0.689. The van der Waals surface area contributed by atoms with Crippen molar-refractivity contribution >= 4 is 15.8 Å². The highest BCUT2D eigenvalue weighted by molar-refractivity contribution is 7.89. The highest BCUT2D eigenvalue weighted by Crippen LogP contribution is 2.31. The van der Waals surface area contributed by atoms with Gasteiger partial charge >= 0.3 is 6.18 Å². The summed E-state index contributed by atoms with van der Waals surface area (Å²) in [5, 5.41) is 8.49. The standard InChI is InChI=1S/C21H19F3N4O2S/c22-21(23,24)17-7-4-8-18(15-17)31(29,30)28-13-11-27(12-14-28)20-10-9-19(25-26-20)16-5-2-1-3-6-16/h1-10,15H,11-14H2. The Hall–Kier alpha value is -2.98. The maximum atomic E-state index is 12.9. The minimum Gasteiger partial charge on any atom is -0.352 e. The lowest BCUT2D eigenvalue weighted by Gasteiger charge is -2.34. The second kappa shape index (κ2) is 8.27. The number of piperazine rings is 1. The molecule has 0 radical (unpaired) electrons. The minimum absolute atomic E-state index is 0.140. The quantitative estimate of drug-likeness (QED) is 0.609. The molecule has 0 spiro atoms. The Bertz CT molecular complexity index is 1150. The van der Waals surface area contributed by atoms with Gasteiger partial charge in [0.25, 0.3) is 0 Å². The summed E-state index contributed by atoms with van der Waals surface area (Å²) >= 11 is 0. The van der Waals surface area contributed by atoms with Gasteiger partial charge in [-0.2, -0.15) is 17.5 Å². The summed E-state index contributed by atoms with van der Waals surface area (Å²) in [7, 11) is -4.02. The first kappa shape index (κ1) is 21.3. The van der Waals surface area contributed by atoms with E-state index in [1.807, 2.05) is 47.4 Å². The molecule has 0 atom stereocenters. The number of aromatic nitrogens is 2. The Morgan fingerprint density at radius 3 is 2.13 bits per heavy atom. The Balaban J connectivity index is 1.45. The molecule has 1 aliphatic heterocycles. The van der Waals surface area contributed by atoms with E-state index in [4.69, 9.17) is 0 Å². The summed E-state index contributed by atoms with van der Waals surface area (Å²) in [6, 6.07) is 17.1. The molecule has 2 aromatic carbocycles. The van der Waals surface area contributed by atoms with Crippen LogP contribution in [0.3, 0.4) is 0 Å². The number of halogens is 3. The number of anilines is 1. The number of rotatable bonds is 4. The molecule has 162 valence electrons. The van der Waals surface area contributed by atoms with Crippen LogP contribution >= 0.6 is 0 Å². The predicted octanol–water partition coefficient (Wildman–Crippen LogP) is 3.67. The molecule has 1 saturated heterocycles. The van der Waals surface area contributed by atoms with E-state index >= 15 is 0 Å². The Kier molecular flexibility index (Phi) is 5.67.